The molecule has 0 radical (unpaired) electrons. The van der Waals surface area contributed by atoms with Crippen molar-refractivity contribution in [2.45, 2.75) is 5.92 Å². The van der Waals surface area contributed by atoms with Gasteiger partial charge in [0.25, 0.3) is 0 Å². The molecule has 0 atom stereocenters. The average molecular weight is 317 g/mol. The highest BCUT2D eigenvalue weighted by Crippen LogP contribution is 2.23. The van der Waals surface area contributed by atoms with E-state index in [-0.39, 0.29) is 11.8 Å². The molecule has 24 heavy (non-hydrogen) atoms. The van der Waals surface area contributed by atoms with E-state index in [1.54, 1.807) is 24.5 Å². The summed E-state index contributed by atoms with van der Waals surface area (Å²) in [4.78, 5) is 12.1. The van der Waals surface area contributed by atoms with Crippen LogP contribution in [0.4, 0.5) is 0 Å². The Bertz CT molecular complexity index is 738. The molecule has 0 aliphatic rings. The van der Waals surface area contributed by atoms with Crippen LogP contribution in [0.25, 0.3) is 6.08 Å². The van der Waals surface area contributed by atoms with Gasteiger partial charge in [-0.1, -0.05) is 60.7 Å². The number of furan rings is 1. The number of carbonyl (C=O) groups is 1. The molecule has 0 saturated carbocycles. The van der Waals surface area contributed by atoms with Crippen molar-refractivity contribution in [2.75, 3.05) is 6.54 Å². The first-order chi connectivity index (χ1) is 11.8. The first kappa shape index (κ1) is 15.8. The van der Waals surface area contributed by atoms with Gasteiger partial charge in [0.2, 0.25) is 5.91 Å². The van der Waals surface area contributed by atoms with E-state index in [9.17, 15) is 4.79 Å². The Hall–Kier alpha value is -3.07. The monoisotopic (exact) mass is 317 g/mol. The van der Waals surface area contributed by atoms with Gasteiger partial charge in [0.1, 0.15) is 5.76 Å². The topological polar surface area (TPSA) is 42.2 Å². The quantitative estimate of drug-likeness (QED) is 0.691. The molecule has 2 aromatic carbocycles. The summed E-state index contributed by atoms with van der Waals surface area (Å²) in [6, 6.07) is 24.0. The Morgan fingerprint density at radius 1 is 0.917 bits per heavy atom. The van der Waals surface area contributed by atoms with Crippen LogP contribution in [0.3, 0.4) is 0 Å². The van der Waals surface area contributed by atoms with E-state index in [0.29, 0.717) is 12.3 Å². The smallest absolute Gasteiger partial charge is 0.244 e. The molecule has 3 heteroatoms. The SMILES string of the molecule is O=C(C=Cc1ccco1)NCC(c1ccccc1)c1ccccc1. The van der Waals surface area contributed by atoms with Gasteiger partial charge in [-0.3, -0.25) is 4.79 Å². The largest absolute Gasteiger partial charge is 0.465 e. The van der Waals surface area contributed by atoms with E-state index in [4.69, 9.17) is 4.42 Å². The van der Waals surface area contributed by atoms with Gasteiger partial charge in [0, 0.05) is 18.5 Å². The average Bonchev–Trinajstić information content (AvgIpc) is 3.16. The predicted molar refractivity (Wildman–Crippen MR) is 95.5 cm³/mol. The van der Waals surface area contributed by atoms with Gasteiger partial charge in [-0.2, -0.15) is 0 Å². The summed E-state index contributed by atoms with van der Waals surface area (Å²) in [6.07, 6.45) is 4.74. The Balaban J connectivity index is 1.70. The molecule has 0 aliphatic carbocycles. The number of nitrogens with one attached hydrogen (secondary N) is 1. The minimum Gasteiger partial charge on any atom is -0.465 e. The molecule has 1 heterocycles. The predicted octanol–water partition coefficient (Wildman–Crippen LogP) is 4.24. The zero-order valence-electron chi connectivity index (χ0n) is 13.3. The molecular weight excluding hydrogens is 298 g/mol. The van der Waals surface area contributed by atoms with E-state index >= 15 is 0 Å². The molecule has 3 nitrogen and oxygen atoms in total. The number of amides is 1. The first-order valence-corrected chi connectivity index (χ1v) is 7.92. The van der Waals surface area contributed by atoms with Crippen LogP contribution in [0.5, 0.6) is 0 Å². The van der Waals surface area contributed by atoms with E-state index in [0.717, 1.165) is 0 Å². The second-order valence-corrected chi connectivity index (χ2v) is 5.47. The molecular formula is C21H19NO2. The molecule has 0 saturated heterocycles. The molecule has 0 aliphatic heterocycles. The summed E-state index contributed by atoms with van der Waals surface area (Å²) >= 11 is 0. The molecule has 0 unspecified atom stereocenters. The van der Waals surface area contributed by atoms with Gasteiger partial charge in [0.15, 0.2) is 0 Å². The van der Waals surface area contributed by atoms with Crippen LogP contribution in [0.2, 0.25) is 0 Å². The van der Waals surface area contributed by atoms with E-state index < -0.39 is 0 Å². The highest BCUT2D eigenvalue weighted by atomic mass is 16.3. The lowest BCUT2D eigenvalue weighted by molar-refractivity contribution is -0.116. The highest BCUT2D eigenvalue weighted by molar-refractivity contribution is 5.91. The van der Waals surface area contributed by atoms with E-state index in [1.165, 1.54) is 17.2 Å². The fourth-order valence-electron chi connectivity index (χ4n) is 2.60. The van der Waals surface area contributed by atoms with Crippen molar-refractivity contribution >= 4 is 12.0 Å². The minimum absolute atomic E-state index is 0.119. The van der Waals surface area contributed by atoms with Crippen LogP contribution in [0.15, 0.2) is 89.6 Å². The van der Waals surface area contributed by atoms with Crippen LogP contribution in [-0.2, 0) is 4.79 Å². The van der Waals surface area contributed by atoms with Crippen molar-refractivity contribution in [2.24, 2.45) is 0 Å². The number of hydrogen-bond acceptors (Lipinski definition) is 2. The molecule has 0 fully saturated rings. The standard InChI is InChI=1S/C21H19NO2/c23-21(14-13-19-12-7-15-24-19)22-16-20(17-8-3-1-4-9-17)18-10-5-2-6-11-18/h1-15,20H,16H2,(H,22,23). The van der Waals surface area contributed by atoms with Crippen LogP contribution in [-0.4, -0.2) is 12.5 Å². The molecule has 120 valence electrons. The maximum Gasteiger partial charge on any atom is 0.244 e. The molecule has 3 rings (SSSR count). The fourth-order valence-corrected chi connectivity index (χ4v) is 2.60. The second-order valence-electron chi connectivity index (χ2n) is 5.47. The van der Waals surface area contributed by atoms with Crippen molar-refractivity contribution in [3.8, 4) is 0 Å². The van der Waals surface area contributed by atoms with E-state index in [2.05, 4.69) is 29.6 Å². The fraction of sp³-hybridized carbons (Fsp3) is 0.0952. The van der Waals surface area contributed by atoms with Gasteiger partial charge in [-0.05, 0) is 29.3 Å². The van der Waals surface area contributed by atoms with Crippen molar-refractivity contribution in [1.29, 1.82) is 0 Å². The third kappa shape index (κ3) is 4.23. The van der Waals surface area contributed by atoms with Crippen molar-refractivity contribution in [1.82, 2.24) is 5.32 Å². The lowest BCUT2D eigenvalue weighted by Crippen LogP contribution is -2.27. The lowest BCUT2D eigenvalue weighted by Gasteiger charge is -2.18. The molecule has 1 N–H and O–H groups in total. The summed E-state index contributed by atoms with van der Waals surface area (Å²) in [5.74, 6) is 0.643. The highest BCUT2D eigenvalue weighted by Gasteiger charge is 2.14. The van der Waals surface area contributed by atoms with Gasteiger partial charge in [-0.25, -0.2) is 0 Å². The molecule has 1 amide bonds. The van der Waals surface area contributed by atoms with Crippen LogP contribution in [0.1, 0.15) is 22.8 Å². The van der Waals surface area contributed by atoms with Crippen molar-refractivity contribution in [3.63, 3.8) is 0 Å². The van der Waals surface area contributed by atoms with Crippen LogP contribution >= 0.6 is 0 Å². The summed E-state index contributed by atoms with van der Waals surface area (Å²) in [5, 5.41) is 2.97. The molecule has 0 spiro atoms. The summed E-state index contributed by atoms with van der Waals surface area (Å²) in [7, 11) is 0. The Morgan fingerprint density at radius 3 is 2.08 bits per heavy atom. The Labute approximate surface area is 141 Å². The molecule has 3 aromatic rings. The van der Waals surface area contributed by atoms with Crippen molar-refractivity contribution < 1.29 is 9.21 Å². The summed E-state index contributed by atoms with van der Waals surface area (Å²) in [5.41, 5.74) is 2.36. The van der Waals surface area contributed by atoms with Crippen LogP contribution < -0.4 is 5.32 Å². The third-order valence-corrected chi connectivity index (χ3v) is 3.83. The van der Waals surface area contributed by atoms with E-state index in [1.807, 2.05) is 36.4 Å². The van der Waals surface area contributed by atoms with Gasteiger partial charge in [-0.15, -0.1) is 0 Å². The number of hydrogen-bond donors (Lipinski definition) is 1. The minimum atomic E-state index is -0.136. The number of benzene rings is 2. The van der Waals surface area contributed by atoms with Crippen molar-refractivity contribution in [3.05, 3.63) is 102 Å². The lowest BCUT2D eigenvalue weighted by atomic mass is 9.91. The zero-order valence-corrected chi connectivity index (χ0v) is 13.3. The maximum absolute atomic E-state index is 12.1. The normalized spacial score (nSPS) is 11.0. The molecule has 0 bridgehead atoms. The Kier molecular flexibility index (Phi) is 5.25. The molecule has 1 aromatic heterocycles. The zero-order chi connectivity index (χ0) is 16.6. The number of rotatable bonds is 6. The van der Waals surface area contributed by atoms with Crippen LogP contribution in [0, 0.1) is 0 Å². The third-order valence-electron chi connectivity index (χ3n) is 3.83. The summed E-state index contributed by atoms with van der Waals surface area (Å²) in [6.45, 7) is 0.537. The first-order valence-electron chi connectivity index (χ1n) is 7.92. The van der Waals surface area contributed by atoms with Gasteiger partial charge < -0.3 is 9.73 Å². The van der Waals surface area contributed by atoms with Gasteiger partial charge in [0.05, 0.1) is 6.26 Å². The number of carbonyl (C=O) groups excluding carboxylic acids is 1. The Morgan fingerprint density at radius 2 is 1.54 bits per heavy atom. The maximum atomic E-state index is 12.1. The summed E-state index contributed by atoms with van der Waals surface area (Å²) < 4.78 is 5.18. The second kappa shape index (κ2) is 7.97. The van der Waals surface area contributed by atoms with Gasteiger partial charge >= 0.3 is 0 Å².